The topological polar surface area (TPSA) is 75.5 Å². The van der Waals surface area contributed by atoms with E-state index in [2.05, 4.69) is 15.8 Å². The summed E-state index contributed by atoms with van der Waals surface area (Å²) in [5.74, 6) is -1.55. The lowest BCUT2D eigenvalue weighted by Gasteiger charge is -2.10. The van der Waals surface area contributed by atoms with Crippen molar-refractivity contribution >= 4 is 41.2 Å². The van der Waals surface area contributed by atoms with Crippen LogP contribution in [0.25, 0.3) is 5.69 Å². The molecular formula is C23H22Cl2N4O2. The lowest BCUT2D eigenvalue weighted by Crippen LogP contribution is -2.38. The van der Waals surface area contributed by atoms with Gasteiger partial charge in [0.05, 0.1) is 6.21 Å². The van der Waals surface area contributed by atoms with Gasteiger partial charge >= 0.3 is 11.8 Å². The van der Waals surface area contributed by atoms with Gasteiger partial charge in [-0.1, -0.05) is 53.5 Å². The van der Waals surface area contributed by atoms with Crippen LogP contribution in [0.15, 0.2) is 59.7 Å². The van der Waals surface area contributed by atoms with Crippen molar-refractivity contribution < 1.29 is 9.59 Å². The summed E-state index contributed by atoms with van der Waals surface area (Å²) in [5, 5.41) is 7.58. The molecule has 0 aliphatic heterocycles. The lowest BCUT2D eigenvalue weighted by molar-refractivity contribution is -0.139. The molecule has 2 aromatic carbocycles. The summed E-state index contributed by atoms with van der Waals surface area (Å²) < 4.78 is 1.98. The van der Waals surface area contributed by atoms with E-state index in [1.807, 2.05) is 66.9 Å². The number of benzene rings is 2. The number of carbonyl (C=O) groups is 2. The molecule has 0 spiro atoms. The van der Waals surface area contributed by atoms with Crippen molar-refractivity contribution in [1.29, 1.82) is 0 Å². The standard InChI is InChI=1S/C23H22Cl2N4O2/c1-15-10-18(16(2)29(15)21-12-19(24)11-20(25)13-21)14-27-28-23(31)22(30)26-9-8-17-6-4-3-5-7-17/h3-7,10-14H,8-9H2,1-2H3,(H,26,30)(H,28,31)/b27-14-. The first kappa shape index (κ1) is 22.6. The molecule has 0 fully saturated rings. The van der Waals surface area contributed by atoms with Gasteiger partial charge in [-0.2, -0.15) is 5.10 Å². The molecule has 2 N–H and O–H groups in total. The van der Waals surface area contributed by atoms with E-state index in [1.54, 1.807) is 6.07 Å². The first-order valence-electron chi connectivity index (χ1n) is 9.65. The van der Waals surface area contributed by atoms with Gasteiger partial charge in [-0.05, 0) is 50.1 Å². The maximum absolute atomic E-state index is 12.0. The fraction of sp³-hybridized carbons (Fsp3) is 0.174. The van der Waals surface area contributed by atoms with Gasteiger partial charge in [0.2, 0.25) is 0 Å². The average Bonchev–Trinajstić information content (AvgIpc) is 3.01. The van der Waals surface area contributed by atoms with Crippen LogP contribution >= 0.6 is 23.2 Å². The maximum atomic E-state index is 12.0. The Labute approximate surface area is 190 Å². The number of amides is 2. The molecule has 0 aliphatic rings. The lowest BCUT2D eigenvalue weighted by atomic mass is 10.1. The Kier molecular flexibility index (Phi) is 7.50. The van der Waals surface area contributed by atoms with Crippen LogP contribution in [-0.2, 0) is 16.0 Å². The molecule has 2 amide bonds. The van der Waals surface area contributed by atoms with E-state index in [4.69, 9.17) is 23.2 Å². The molecule has 1 aromatic heterocycles. The Morgan fingerprint density at radius 2 is 1.68 bits per heavy atom. The fourth-order valence-corrected chi connectivity index (χ4v) is 3.76. The number of hydrazone groups is 1. The highest BCUT2D eigenvalue weighted by Crippen LogP contribution is 2.25. The summed E-state index contributed by atoms with van der Waals surface area (Å²) in [6.45, 7) is 4.22. The first-order chi connectivity index (χ1) is 14.8. The Bertz CT molecular complexity index is 1100. The van der Waals surface area contributed by atoms with E-state index in [0.29, 0.717) is 23.0 Å². The minimum Gasteiger partial charge on any atom is -0.347 e. The van der Waals surface area contributed by atoms with Gasteiger partial charge in [-0.25, -0.2) is 5.43 Å². The highest BCUT2D eigenvalue weighted by atomic mass is 35.5. The number of aromatic nitrogens is 1. The second kappa shape index (κ2) is 10.3. The zero-order valence-corrected chi connectivity index (χ0v) is 18.7. The van der Waals surface area contributed by atoms with Crippen LogP contribution in [0.4, 0.5) is 0 Å². The average molecular weight is 457 g/mol. The van der Waals surface area contributed by atoms with Crippen molar-refractivity contribution in [2.75, 3.05) is 6.54 Å². The summed E-state index contributed by atoms with van der Waals surface area (Å²) in [6, 6.07) is 16.9. The van der Waals surface area contributed by atoms with Crippen molar-refractivity contribution in [2.24, 2.45) is 5.10 Å². The molecule has 31 heavy (non-hydrogen) atoms. The number of carbonyl (C=O) groups excluding carboxylic acids is 2. The molecule has 0 radical (unpaired) electrons. The van der Waals surface area contributed by atoms with Crippen molar-refractivity contribution in [2.45, 2.75) is 20.3 Å². The Morgan fingerprint density at radius 3 is 2.35 bits per heavy atom. The molecule has 3 rings (SSSR count). The van der Waals surface area contributed by atoms with Crippen LogP contribution in [0.5, 0.6) is 0 Å². The number of hydrogen-bond acceptors (Lipinski definition) is 3. The number of aryl methyl sites for hydroxylation is 1. The highest BCUT2D eigenvalue weighted by Gasteiger charge is 2.13. The SMILES string of the molecule is Cc1cc(/C=N\NC(=O)C(=O)NCCc2ccccc2)c(C)n1-c1cc(Cl)cc(Cl)c1. The predicted octanol–water partition coefficient (Wildman–Crippen LogP) is 4.21. The van der Waals surface area contributed by atoms with Crippen LogP contribution in [0.2, 0.25) is 10.0 Å². The van der Waals surface area contributed by atoms with Crippen molar-refractivity contribution in [3.05, 3.63) is 87.2 Å². The molecule has 0 unspecified atom stereocenters. The van der Waals surface area contributed by atoms with Gasteiger partial charge in [0, 0.05) is 39.2 Å². The van der Waals surface area contributed by atoms with Gasteiger partial charge in [-0.3, -0.25) is 9.59 Å². The second-order valence-electron chi connectivity index (χ2n) is 6.98. The van der Waals surface area contributed by atoms with Gasteiger partial charge in [0.25, 0.3) is 0 Å². The van der Waals surface area contributed by atoms with Gasteiger partial charge in [0.1, 0.15) is 0 Å². The minimum atomic E-state index is -0.820. The maximum Gasteiger partial charge on any atom is 0.329 e. The Hall–Kier alpha value is -3.09. The largest absolute Gasteiger partial charge is 0.347 e. The van der Waals surface area contributed by atoms with Gasteiger partial charge in [-0.15, -0.1) is 0 Å². The summed E-state index contributed by atoms with van der Waals surface area (Å²) >= 11 is 12.2. The monoisotopic (exact) mass is 456 g/mol. The molecule has 0 saturated carbocycles. The third-order valence-corrected chi connectivity index (χ3v) is 5.13. The zero-order chi connectivity index (χ0) is 22.4. The molecule has 0 saturated heterocycles. The molecule has 6 nitrogen and oxygen atoms in total. The minimum absolute atomic E-state index is 0.364. The molecule has 160 valence electrons. The molecule has 0 aliphatic carbocycles. The summed E-state index contributed by atoms with van der Waals surface area (Å²) in [6.07, 6.45) is 2.14. The number of nitrogens with one attached hydrogen (secondary N) is 2. The summed E-state index contributed by atoms with van der Waals surface area (Å²) in [7, 11) is 0. The molecule has 0 atom stereocenters. The van der Waals surface area contributed by atoms with Gasteiger partial charge in [0.15, 0.2) is 0 Å². The summed E-state index contributed by atoms with van der Waals surface area (Å²) in [5.41, 5.74) is 6.80. The van der Waals surface area contributed by atoms with Crippen molar-refractivity contribution in [1.82, 2.24) is 15.3 Å². The van der Waals surface area contributed by atoms with E-state index in [9.17, 15) is 9.59 Å². The number of nitrogens with zero attached hydrogens (tertiary/aromatic N) is 2. The van der Waals surface area contributed by atoms with Crippen LogP contribution < -0.4 is 10.7 Å². The van der Waals surface area contributed by atoms with Crippen LogP contribution in [0, 0.1) is 13.8 Å². The smallest absolute Gasteiger partial charge is 0.329 e. The second-order valence-corrected chi connectivity index (χ2v) is 7.85. The Balaban J connectivity index is 1.59. The molecule has 1 heterocycles. The molecule has 8 heteroatoms. The van der Waals surface area contributed by atoms with Crippen molar-refractivity contribution in [3.63, 3.8) is 0 Å². The normalized spacial score (nSPS) is 11.0. The van der Waals surface area contributed by atoms with Gasteiger partial charge < -0.3 is 9.88 Å². The van der Waals surface area contributed by atoms with E-state index >= 15 is 0 Å². The van der Waals surface area contributed by atoms with Crippen LogP contribution in [0.1, 0.15) is 22.5 Å². The fourth-order valence-electron chi connectivity index (χ4n) is 3.24. The molecule has 0 bridgehead atoms. The van der Waals surface area contributed by atoms with E-state index in [0.717, 1.165) is 28.2 Å². The van der Waals surface area contributed by atoms with Crippen LogP contribution in [0.3, 0.4) is 0 Å². The zero-order valence-electron chi connectivity index (χ0n) is 17.2. The third kappa shape index (κ3) is 5.96. The van der Waals surface area contributed by atoms with E-state index in [1.165, 1.54) is 6.21 Å². The van der Waals surface area contributed by atoms with E-state index < -0.39 is 11.8 Å². The predicted molar refractivity (Wildman–Crippen MR) is 124 cm³/mol. The molecule has 3 aromatic rings. The van der Waals surface area contributed by atoms with Crippen molar-refractivity contribution in [3.8, 4) is 5.69 Å². The van der Waals surface area contributed by atoms with E-state index in [-0.39, 0.29) is 0 Å². The van der Waals surface area contributed by atoms with Crippen LogP contribution in [-0.4, -0.2) is 29.1 Å². The highest BCUT2D eigenvalue weighted by molar-refractivity contribution is 6.35. The number of halogens is 2. The first-order valence-corrected chi connectivity index (χ1v) is 10.4. The number of rotatable bonds is 6. The third-order valence-electron chi connectivity index (χ3n) is 4.69. The summed E-state index contributed by atoms with van der Waals surface area (Å²) in [4.78, 5) is 23.9. The number of hydrogen-bond donors (Lipinski definition) is 2. The quantitative estimate of drug-likeness (QED) is 0.331. The molecular weight excluding hydrogens is 435 g/mol. The Morgan fingerprint density at radius 1 is 1.00 bits per heavy atom.